The third-order valence-corrected chi connectivity index (χ3v) is 8.39. The van der Waals surface area contributed by atoms with Gasteiger partial charge in [-0.1, -0.05) is 33.9 Å². The predicted molar refractivity (Wildman–Crippen MR) is 78.7 cm³/mol. The summed E-state index contributed by atoms with van der Waals surface area (Å²) in [6.07, 6.45) is 0. The molecule has 0 aliphatic carbocycles. The molecule has 0 atom stereocenters. The topological polar surface area (TPSA) is 55.2 Å². The minimum absolute atomic E-state index is 0.147. The van der Waals surface area contributed by atoms with E-state index in [9.17, 15) is 10.1 Å². The van der Waals surface area contributed by atoms with Gasteiger partial charge in [0.15, 0.2) is 8.24 Å². The fourth-order valence-corrected chi connectivity index (χ4v) is 2.75. The average molecular weight is 266 g/mol. The summed E-state index contributed by atoms with van der Waals surface area (Å²) in [6, 6.07) is 4.99. The number of nitro groups is 1. The predicted octanol–water partition coefficient (Wildman–Crippen LogP) is 4.32. The first kappa shape index (κ1) is 14.7. The second-order valence-electron chi connectivity index (χ2n) is 6.26. The Kier molecular flexibility index (Phi) is 3.86. The molecule has 1 aromatic rings. The van der Waals surface area contributed by atoms with Crippen LogP contribution in [0.25, 0.3) is 0 Å². The van der Waals surface area contributed by atoms with Crippen molar-refractivity contribution in [3.8, 4) is 0 Å². The molecular weight excluding hydrogens is 244 g/mol. The molecule has 0 aliphatic rings. The summed E-state index contributed by atoms with van der Waals surface area (Å²) >= 11 is 0. The summed E-state index contributed by atoms with van der Waals surface area (Å²) in [5.41, 5.74) is 2.08. The monoisotopic (exact) mass is 266 g/mol. The van der Waals surface area contributed by atoms with Gasteiger partial charge in [-0.3, -0.25) is 10.1 Å². The molecule has 4 nitrogen and oxygen atoms in total. The number of anilines is 1. The maximum atomic E-state index is 10.7. The Labute approximate surface area is 110 Å². The summed E-state index contributed by atoms with van der Waals surface area (Å²) in [5.74, 6) is 0. The van der Waals surface area contributed by atoms with Crippen LogP contribution in [0.15, 0.2) is 18.2 Å². The molecule has 0 radical (unpaired) electrons. The van der Waals surface area contributed by atoms with Crippen LogP contribution in [0.5, 0.6) is 0 Å². The number of nitrogens with one attached hydrogen (secondary N) is 1. The lowest BCUT2D eigenvalue weighted by molar-refractivity contribution is -0.384. The minimum Gasteiger partial charge on any atom is -0.410 e. The van der Waals surface area contributed by atoms with E-state index in [-0.39, 0.29) is 15.6 Å². The van der Waals surface area contributed by atoms with Crippen molar-refractivity contribution in [2.45, 2.75) is 45.8 Å². The largest absolute Gasteiger partial charge is 0.410 e. The number of nitrogens with zero attached hydrogens (tertiary/aromatic N) is 1. The molecule has 0 spiro atoms. The zero-order valence-corrected chi connectivity index (χ0v) is 13.0. The highest BCUT2D eigenvalue weighted by Gasteiger charge is 2.35. The summed E-state index contributed by atoms with van der Waals surface area (Å²) < 4.78 is 0. The minimum atomic E-state index is -1.64. The second kappa shape index (κ2) is 4.72. The van der Waals surface area contributed by atoms with E-state index in [1.54, 1.807) is 12.1 Å². The standard InChI is InChI=1S/C13H22N2O2Si/c1-10-9-11(15(16)17)7-8-12(10)14-18(5,6)13(2,3)4/h7-9,14H,1-6H3. The number of benzene rings is 1. The van der Waals surface area contributed by atoms with Crippen molar-refractivity contribution in [2.24, 2.45) is 0 Å². The third-order valence-electron chi connectivity index (χ3n) is 3.74. The lowest BCUT2D eigenvalue weighted by Gasteiger charge is -2.38. The average Bonchev–Trinajstić information content (AvgIpc) is 2.18. The molecule has 5 heteroatoms. The maximum absolute atomic E-state index is 10.7. The van der Waals surface area contributed by atoms with Crippen LogP contribution in [0.3, 0.4) is 0 Å². The number of nitro benzene ring substituents is 1. The van der Waals surface area contributed by atoms with Crippen molar-refractivity contribution in [3.05, 3.63) is 33.9 Å². The number of aryl methyl sites for hydroxylation is 1. The van der Waals surface area contributed by atoms with E-state index >= 15 is 0 Å². The van der Waals surface area contributed by atoms with Gasteiger partial charge >= 0.3 is 0 Å². The number of hydrogen-bond donors (Lipinski definition) is 1. The van der Waals surface area contributed by atoms with E-state index in [1.807, 2.05) is 13.0 Å². The van der Waals surface area contributed by atoms with Crippen molar-refractivity contribution in [2.75, 3.05) is 4.98 Å². The molecule has 1 N–H and O–H groups in total. The van der Waals surface area contributed by atoms with Gasteiger partial charge in [0.1, 0.15) is 0 Å². The lowest BCUT2D eigenvalue weighted by Crippen LogP contribution is -2.46. The van der Waals surface area contributed by atoms with Gasteiger partial charge in [-0.05, 0) is 23.6 Å². The Morgan fingerprint density at radius 2 is 1.83 bits per heavy atom. The van der Waals surface area contributed by atoms with Crippen LogP contribution in [0.1, 0.15) is 26.3 Å². The Morgan fingerprint density at radius 3 is 2.22 bits per heavy atom. The van der Waals surface area contributed by atoms with Gasteiger partial charge in [-0.25, -0.2) is 0 Å². The molecule has 0 saturated heterocycles. The molecule has 0 fully saturated rings. The highest BCUT2D eigenvalue weighted by molar-refractivity contribution is 6.83. The summed E-state index contributed by atoms with van der Waals surface area (Å²) in [5, 5.41) is 10.9. The second-order valence-corrected chi connectivity index (χ2v) is 11.3. The quantitative estimate of drug-likeness (QED) is 0.503. The highest BCUT2D eigenvalue weighted by Crippen LogP contribution is 2.37. The Bertz CT molecular complexity index is 465. The number of rotatable bonds is 3. The van der Waals surface area contributed by atoms with Crippen molar-refractivity contribution in [1.82, 2.24) is 0 Å². The molecular formula is C13H22N2O2Si. The van der Waals surface area contributed by atoms with E-state index in [4.69, 9.17) is 0 Å². The molecule has 0 unspecified atom stereocenters. The first-order valence-corrected chi connectivity index (χ1v) is 9.08. The number of non-ortho nitro benzene ring substituents is 1. The van der Waals surface area contributed by atoms with E-state index in [0.29, 0.717) is 0 Å². The first-order valence-electron chi connectivity index (χ1n) is 6.08. The van der Waals surface area contributed by atoms with E-state index in [2.05, 4.69) is 38.8 Å². The molecule has 0 bridgehead atoms. The zero-order chi connectivity index (χ0) is 14.1. The highest BCUT2D eigenvalue weighted by atomic mass is 28.3. The van der Waals surface area contributed by atoms with Gasteiger partial charge in [0.2, 0.25) is 0 Å². The fourth-order valence-electron chi connectivity index (χ4n) is 1.43. The van der Waals surface area contributed by atoms with Gasteiger partial charge < -0.3 is 4.98 Å². The van der Waals surface area contributed by atoms with Crippen molar-refractivity contribution >= 4 is 19.6 Å². The van der Waals surface area contributed by atoms with E-state index < -0.39 is 8.24 Å². The van der Waals surface area contributed by atoms with Gasteiger partial charge in [0.05, 0.1) is 4.92 Å². The Balaban J connectivity index is 3.03. The zero-order valence-electron chi connectivity index (χ0n) is 12.0. The van der Waals surface area contributed by atoms with Gasteiger partial charge in [0.25, 0.3) is 5.69 Å². The van der Waals surface area contributed by atoms with Gasteiger partial charge in [-0.2, -0.15) is 0 Å². The SMILES string of the molecule is Cc1cc([N+](=O)[O-])ccc1N[Si](C)(C)C(C)(C)C. The summed E-state index contributed by atoms with van der Waals surface area (Å²) in [4.78, 5) is 14.0. The lowest BCUT2D eigenvalue weighted by atomic mass is 10.2. The summed E-state index contributed by atoms with van der Waals surface area (Å²) in [6.45, 7) is 13.1. The van der Waals surface area contributed by atoms with Crippen LogP contribution in [0, 0.1) is 17.0 Å². The van der Waals surface area contributed by atoms with Crippen molar-refractivity contribution in [3.63, 3.8) is 0 Å². The number of hydrogen-bond acceptors (Lipinski definition) is 3. The molecule has 0 amide bonds. The van der Waals surface area contributed by atoms with Crippen LogP contribution in [-0.2, 0) is 0 Å². The fraction of sp³-hybridized carbons (Fsp3) is 0.538. The van der Waals surface area contributed by atoms with Gasteiger partial charge in [-0.15, -0.1) is 0 Å². The Morgan fingerprint density at radius 1 is 1.28 bits per heavy atom. The van der Waals surface area contributed by atoms with Crippen LogP contribution in [-0.4, -0.2) is 13.2 Å². The summed E-state index contributed by atoms with van der Waals surface area (Å²) in [7, 11) is -1.64. The molecule has 0 aromatic heterocycles. The molecule has 18 heavy (non-hydrogen) atoms. The molecule has 0 aliphatic heterocycles. The van der Waals surface area contributed by atoms with Crippen LogP contribution < -0.4 is 4.98 Å². The third kappa shape index (κ3) is 3.10. The molecule has 0 heterocycles. The Hall–Kier alpha value is -1.36. The smallest absolute Gasteiger partial charge is 0.269 e. The van der Waals surface area contributed by atoms with Crippen LogP contribution >= 0.6 is 0 Å². The van der Waals surface area contributed by atoms with E-state index in [0.717, 1.165) is 11.3 Å². The normalized spacial score (nSPS) is 12.3. The van der Waals surface area contributed by atoms with Crippen LogP contribution in [0.4, 0.5) is 11.4 Å². The van der Waals surface area contributed by atoms with Crippen LogP contribution in [0.2, 0.25) is 18.1 Å². The van der Waals surface area contributed by atoms with Crippen molar-refractivity contribution in [1.29, 1.82) is 0 Å². The van der Waals surface area contributed by atoms with Crippen molar-refractivity contribution < 1.29 is 4.92 Å². The molecule has 1 aromatic carbocycles. The molecule has 1 rings (SSSR count). The van der Waals surface area contributed by atoms with E-state index in [1.165, 1.54) is 0 Å². The molecule has 100 valence electrons. The van der Waals surface area contributed by atoms with Gasteiger partial charge in [0, 0.05) is 17.8 Å². The maximum Gasteiger partial charge on any atom is 0.269 e. The molecule has 0 saturated carbocycles. The first-order chi connectivity index (χ1) is 8.04.